The van der Waals surface area contributed by atoms with E-state index < -0.39 is 0 Å². The molecule has 0 radical (unpaired) electrons. The van der Waals surface area contributed by atoms with Gasteiger partial charge in [-0.15, -0.1) is 0 Å². The summed E-state index contributed by atoms with van der Waals surface area (Å²) in [5, 5.41) is 10.1. The quantitative estimate of drug-likeness (QED) is 0.617. The normalized spacial score (nSPS) is 16.9. The average Bonchev–Trinajstić information content (AvgIpc) is 2.80. The number of imidazole rings is 1. The Labute approximate surface area is 119 Å². The molecule has 2 heterocycles. The van der Waals surface area contributed by atoms with Crippen LogP contribution in [0.4, 0.5) is 0 Å². The molecule has 1 N–H and O–H groups in total. The van der Waals surface area contributed by atoms with Gasteiger partial charge >= 0.3 is 0 Å². The maximum Gasteiger partial charge on any atom is 0.167 e. The molecule has 0 atom stereocenters. The smallest absolute Gasteiger partial charge is 0.167 e. The van der Waals surface area contributed by atoms with Gasteiger partial charge in [0.05, 0.1) is 18.5 Å². The SMILES string of the molecule is Cn1c(CO)cnc1SCCCCC1CCOCC1. The first kappa shape index (κ1) is 14.9. The van der Waals surface area contributed by atoms with Gasteiger partial charge in [0.2, 0.25) is 0 Å². The summed E-state index contributed by atoms with van der Waals surface area (Å²) in [7, 11) is 1.96. The minimum Gasteiger partial charge on any atom is -0.390 e. The van der Waals surface area contributed by atoms with E-state index in [4.69, 9.17) is 9.84 Å². The monoisotopic (exact) mass is 284 g/mol. The van der Waals surface area contributed by atoms with Crippen molar-refractivity contribution in [2.24, 2.45) is 13.0 Å². The van der Waals surface area contributed by atoms with Gasteiger partial charge in [-0.1, -0.05) is 24.6 Å². The van der Waals surface area contributed by atoms with Crippen LogP contribution in [0.2, 0.25) is 0 Å². The van der Waals surface area contributed by atoms with Crippen molar-refractivity contribution in [1.82, 2.24) is 9.55 Å². The summed E-state index contributed by atoms with van der Waals surface area (Å²) in [5.74, 6) is 1.99. The fraction of sp³-hybridized carbons (Fsp3) is 0.786. The lowest BCUT2D eigenvalue weighted by Crippen LogP contribution is -2.15. The number of aliphatic hydroxyl groups is 1. The average molecular weight is 284 g/mol. The molecule has 5 heteroatoms. The van der Waals surface area contributed by atoms with Crippen molar-refractivity contribution in [3.63, 3.8) is 0 Å². The molecule has 108 valence electrons. The molecule has 0 aromatic carbocycles. The van der Waals surface area contributed by atoms with E-state index >= 15 is 0 Å². The summed E-state index contributed by atoms with van der Waals surface area (Å²) in [4.78, 5) is 4.32. The van der Waals surface area contributed by atoms with Crippen molar-refractivity contribution >= 4 is 11.8 Å². The van der Waals surface area contributed by atoms with Crippen LogP contribution in [0.1, 0.15) is 37.8 Å². The highest BCUT2D eigenvalue weighted by Gasteiger charge is 2.13. The van der Waals surface area contributed by atoms with E-state index in [1.807, 2.05) is 11.6 Å². The standard InChI is InChI=1S/C14H24N2O2S/c1-16-13(11-17)10-15-14(16)19-9-3-2-4-12-5-7-18-8-6-12/h10,12,17H,2-9,11H2,1H3. The van der Waals surface area contributed by atoms with E-state index in [0.717, 1.165) is 35.7 Å². The van der Waals surface area contributed by atoms with Crippen LogP contribution >= 0.6 is 11.8 Å². The van der Waals surface area contributed by atoms with Crippen LogP contribution in [0.3, 0.4) is 0 Å². The third kappa shape index (κ3) is 4.51. The second kappa shape index (κ2) is 7.92. The highest BCUT2D eigenvalue weighted by Crippen LogP contribution is 2.23. The molecule has 0 saturated carbocycles. The molecule has 1 aliphatic rings. The lowest BCUT2D eigenvalue weighted by Gasteiger charge is -2.21. The fourth-order valence-corrected chi connectivity index (χ4v) is 3.41. The molecule has 0 aliphatic carbocycles. The van der Waals surface area contributed by atoms with Crippen LogP contribution in [0.5, 0.6) is 0 Å². The maximum atomic E-state index is 9.11. The predicted molar refractivity (Wildman–Crippen MR) is 77.2 cm³/mol. The Hall–Kier alpha value is -0.520. The number of aliphatic hydroxyl groups excluding tert-OH is 1. The minimum atomic E-state index is 0.0633. The summed E-state index contributed by atoms with van der Waals surface area (Å²) >= 11 is 1.79. The van der Waals surface area contributed by atoms with Crippen molar-refractivity contribution in [2.75, 3.05) is 19.0 Å². The van der Waals surface area contributed by atoms with Crippen molar-refractivity contribution in [3.05, 3.63) is 11.9 Å². The van der Waals surface area contributed by atoms with Gasteiger partial charge in [-0.2, -0.15) is 0 Å². The van der Waals surface area contributed by atoms with Gasteiger partial charge in [0.1, 0.15) is 0 Å². The first-order chi connectivity index (χ1) is 9.31. The molecule has 1 aromatic rings. The molecule has 1 aromatic heterocycles. The zero-order chi connectivity index (χ0) is 13.5. The summed E-state index contributed by atoms with van der Waals surface area (Å²) in [6, 6.07) is 0. The lowest BCUT2D eigenvalue weighted by molar-refractivity contribution is 0.0633. The van der Waals surface area contributed by atoms with E-state index in [1.165, 1.54) is 32.1 Å². The van der Waals surface area contributed by atoms with Gasteiger partial charge in [0, 0.05) is 26.0 Å². The molecule has 0 amide bonds. The Morgan fingerprint density at radius 1 is 1.42 bits per heavy atom. The number of ether oxygens (including phenoxy) is 1. The van der Waals surface area contributed by atoms with E-state index in [9.17, 15) is 0 Å². The van der Waals surface area contributed by atoms with Gasteiger partial charge < -0.3 is 14.4 Å². The summed E-state index contributed by atoms with van der Waals surface area (Å²) in [5.41, 5.74) is 0.879. The lowest BCUT2D eigenvalue weighted by atomic mass is 9.94. The third-order valence-electron chi connectivity index (χ3n) is 3.78. The van der Waals surface area contributed by atoms with Crippen LogP contribution in [-0.4, -0.2) is 33.6 Å². The molecule has 0 unspecified atom stereocenters. The van der Waals surface area contributed by atoms with Crippen LogP contribution in [-0.2, 0) is 18.4 Å². The highest BCUT2D eigenvalue weighted by molar-refractivity contribution is 7.99. The number of rotatable bonds is 7. The van der Waals surface area contributed by atoms with Crippen molar-refractivity contribution < 1.29 is 9.84 Å². The number of hydrogen-bond donors (Lipinski definition) is 1. The molecule has 1 fully saturated rings. The molecule has 2 rings (SSSR count). The second-order valence-corrected chi connectivity index (χ2v) is 6.21. The first-order valence-electron chi connectivity index (χ1n) is 7.13. The number of unbranched alkanes of at least 4 members (excludes halogenated alkanes) is 1. The van der Waals surface area contributed by atoms with Gasteiger partial charge in [-0.3, -0.25) is 0 Å². The summed E-state index contributed by atoms with van der Waals surface area (Å²) < 4.78 is 7.35. The predicted octanol–water partition coefficient (Wildman–Crippen LogP) is 2.60. The Bertz CT molecular complexity index is 376. The van der Waals surface area contributed by atoms with E-state index in [2.05, 4.69) is 4.98 Å². The zero-order valence-corrected chi connectivity index (χ0v) is 12.5. The molecule has 19 heavy (non-hydrogen) atoms. The Balaban J connectivity index is 1.59. The van der Waals surface area contributed by atoms with E-state index in [-0.39, 0.29) is 6.61 Å². The molecule has 1 saturated heterocycles. The van der Waals surface area contributed by atoms with Crippen LogP contribution in [0.15, 0.2) is 11.4 Å². The van der Waals surface area contributed by atoms with Crippen LogP contribution in [0, 0.1) is 5.92 Å². The molecule has 4 nitrogen and oxygen atoms in total. The van der Waals surface area contributed by atoms with E-state index in [0.29, 0.717) is 0 Å². The van der Waals surface area contributed by atoms with Crippen molar-refractivity contribution in [2.45, 2.75) is 43.9 Å². The Morgan fingerprint density at radius 3 is 2.89 bits per heavy atom. The topological polar surface area (TPSA) is 47.3 Å². The van der Waals surface area contributed by atoms with Crippen LogP contribution < -0.4 is 0 Å². The van der Waals surface area contributed by atoms with Gasteiger partial charge in [-0.05, 0) is 25.2 Å². The molecule has 1 aliphatic heterocycles. The minimum absolute atomic E-state index is 0.0633. The number of nitrogens with zero attached hydrogens (tertiary/aromatic N) is 2. The Kier molecular flexibility index (Phi) is 6.20. The van der Waals surface area contributed by atoms with Gasteiger partial charge in [-0.25, -0.2) is 4.98 Å². The fourth-order valence-electron chi connectivity index (χ4n) is 2.44. The van der Waals surface area contributed by atoms with Crippen molar-refractivity contribution in [3.8, 4) is 0 Å². The summed E-state index contributed by atoms with van der Waals surface area (Å²) in [6.45, 7) is 1.97. The zero-order valence-electron chi connectivity index (χ0n) is 11.7. The van der Waals surface area contributed by atoms with Gasteiger partial charge in [0.15, 0.2) is 5.16 Å². The van der Waals surface area contributed by atoms with E-state index in [1.54, 1.807) is 18.0 Å². The first-order valence-corrected chi connectivity index (χ1v) is 8.12. The highest BCUT2D eigenvalue weighted by atomic mass is 32.2. The number of hydrogen-bond acceptors (Lipinski definition) is 4. The largest absolute Gasteiger partial charge is 0.390 e. The van der Waals surface area contributed by atoms with Crippen LogP contribution in [0.25, 0.3) is 0 Å². The Morgan fingerprint density at radius 2 is 2.21 bits per heavy atom. The second-order valence-electron chi connectivity index (χ2n) is 5.15. The van der Waals surface area contributed by atoms with Crippen molar-refractivity contribution in [1.29, 1.82) is 0 Å². The third-order valence-corrected chi connectivity index (χ3v) is 4.91. The maximum absolute atomic E-state index is 9.11. The molecule has 0 bridgehead atoms. The number of aromatic nitrogens is 2. The number of thioether (sulfide) groups is 1. The molecular formula is C14H24N2O2S. The summed E-state index contributed by atoms with van der Waals surface area (Å²) in [6.07, 6.45) is 8.12. The molecule has 0 spiro atoms. The van der Waals surface area contributed by atoms with Gasteiger partial charge in [0.25, 0.3) is 0 Å². The molecular weight excluding hydrogens is 260 g/mol.